The first-order chi connectivity index (χ1) is 8.58. The Morgan fingerprint density at radius 2 is 2.22 bits per heavy atom. The molecule has 0 unspecified atom stereocenters. The van der Waals surface area contributed by atoms with Crippen molar-refractivity contribution in [3.05, 3.63) is 51.4 Å². The summed E-state index contributed by atoms with van der Waals surface area (Å²) < 4.78 is 5.06. The van der Waals surface area contributed by atoms with E-state index < -0.39 is 0 Å². The van der Waals surface area contributed by atoms with Crippen molar-refractivity contribution in [2.45, 2.75) is 20.4 Å². The Hall–Kier alpha value is -2.37. The molecule has 0 spiro atoms. The first-order valence-corrected chi connectivity index (χ1v) is 5.48. The lowest BCUT2D eigenvalue weighted by molar-refractivity contribution is -0.385. The molecule has 0 aliphatic carbocycles. The van der Waals surface area contributed by atoms with E-state index in [2.05, 4.69) is 10.5 Å². The SMILES string of the molecule is Cc1cc(CNc2cccc([N+](=O)[O-])c2C)on1. The number of benzene rings is 1. The molecule has 18 heavy (non-hydrogen) atoms. The maximum Gasteiger partial charge on any atom is 0.274 e. The third-order valence-corrected chi connectivity index (χ3v) is 2.63. The zero-order chi connectivity index (χ0) is 13.1. The molecule has 0 amide bonds. The van der Waals surface area contributed by atoms with Crippen LogP contribution in [0.15, 0.2) is 28.8 Å². The standard InChI is InChI=1S/C12H13N3O3/c1-8-6-10(18-14-8)7-13-11-4-3-5-12(9(11)2)15(16)17/h3-6,13H,7H2,1-2H3. The molecule has 6 nitrogen and oxygen atoms in total. The summed E-state index contributed by atoms with van der Waals surface area (Å²) in [4.78, 5) is 10.4. The molecular formula is C12H13N3O3. The molecule has 0 bridgehead atoms. The second-order valence-electron chi connectivity index (χ2n) is 3.99. The molecule has 6 heteroatoms. The second-order valence-corrected chi connectivity index (χ2v) is 3.99. The zero-order valence-corrected chi connectivity index (χ0v) is 10.1. The van der Waals surface area contributed by atoms with Gasteiger partial charge in [-0.2, -0.15) is 0 Å². The van der Waals surface area contributed by atoms with E-state index in [0.29, 0.717) is 17.9 Å². The third kappa shape index (κ3) is 2.48. The predicted molar refractivity (Wildman–Crippen MR) is 66.4 cm³/mol. The molecule has 0 saturated heterocycles. The normalized spacial score (nSPS) is 10.3. The monoisotopic (exact) mass is 247 g/mol. The number of anilines is 1. The van der Waals surface area contributed by atoms with Gasteiger partial charge in [0, 0.05) is 23.4 Å². The van der Waals surface area contributed by atoms with Crippen molar-refractivity contribution in [2.75, 3.05) is 5.32 Å². The van der Waals surface area contributed by atoms with Crippen molar-refractivity contribution in [3.63, 3.8) is 0 Å². The average molecular weight is 247 g/mol. The smallest absolute Gasteiger partial charge is 0.274 e. The van der Waals surface area contributed by atoms with Crippen LogP contribution in [0, 0.1) is 24.0 Å². The topological polar surface area (TPSA) is 81.2 Å². The fourth-order valence-electron chi connectivity index (χ4n) is 1.69. The van der Waals surface area contributed by atoms with E-state index in [9.17, 15) is 10.1 Å². The number of nitrogens with zero attached hydrogens (tertiary/aromatic N) is 2. The van der Waals surface area contributed by atoms with Crippen molar-refractivity contribution < 1.29 is 9.45 Å². The van der Waals surface area contributed by atoms with Crippen molar-refractivity contribution in [3.8, 4) is 0 Å². The zero-order valence-electron chi connectivity index (χ0n) is 10.1. The van der Waals surface area contributed by atoms with Crippen molar-refractivity contribution in [1.82, 2.24) is 5.16 Å². The fraction of sp³-hybridized carbons (Fsp3) is 0.250. The van der Waals surface area contributed by atoms with Gasteiger partial charge in [-0.05, 0) is 19.9 Å². The molecule has 0 aliphatic rings. The van der Waals surface area contributed by atoms with Gasteiger partial charge >= 0.3 is 0 Å². The number of nitro benzene ring substituents is 1. The quantitative estimate of drug-likeness (QED) is 0.663. The van der Waals surface area contributed by atoms with Crippen LogP contribution in [0.25, 0.3) is 0 Å². The van der Waals surface area contributed by atoms with Gasteiger partial charge in [0.25, 0.3) is 5.69 Å². The molecule has 0 saturated carbocycles. The molecule has 2 aromatic rings. The highest BCUT2D eigenvalue weighted by atomic mass is 16.6. The molecule has 94 valence electrons. The molecule has 1 heterocycles. The van der Waals surface area contributed by atoms with Gasteiger partial charge in [0.15, 0.2) is 5.76 Å². The highest BCUT2D eigenvalue weighted by Crippen LogP contribution is 2.25. The Kier molecular flexibility index (Phi) is 3.27. The van der Waals surface area contributed by atoms with Crippen LogP contribution in [0.3, 0.4) is 0 Å². The summed E-state index contributed by atoms with van der Waals surface area (Å²) in [5, 5.41) is 17.7. The van der Waals surface area contributed by atoms with Gasteiger partial charge in [0.1, 0.15) is 0 Å². The van der Waals surface area contributed by atoms with Crippen molar-refractivity contribution in [2.24, 2.45) is 0 Å². The molecule has 1 N–H and O–H groups in total. The number of nitro groups is 1. The third-order valence-electron chi connectivity index (χ3n) is 2.63. The molecule has 2 rings (SSSR count). The number of hydrogen-bond acceptors (Lipinski definition) is 5. The van der Waals surface area contributed by atoms with Gasteiger partial charge in [0.05, 0.1) is 17.2 Å². The lowest BCUT2D eigenvalue weighted by Gasteiger charge is -2.07. The number of aryl methyl sites for hydroxylation is 1. The lowest BCUT2D eigenvalue weighted by atomic mass is 10.1. The summed E-state index contributed by atoms with van der Waals surface area (Å²) >= 11 is 0. The Bertz CT molecular complexity index is 578. The first kappa shape index (κ1) is 12.1. The number of hydrogen-bond donors (Lipinski definition) is 1. The predicted octanol–water partition coefficient (Wildman–Crippen LogP) is 2.81. The minimum atomic E-state index is -0.390. The maximum atomic E-state index is 10.8. The Morgan fingerprint density at radius 3 is 2.83 bits per heavy atom. The summed E-state index contributed by atoms with van der Waals surface area (Å²) in [7, 11) is 0. The van der Waals surface area contributed by atoms with E-state index in [1.54, 1.807) is 19.1 Å². The average Bonchev–Trinajstić information content (AvgIpc) is 2.73. The van der Waals surface area contributed by atoms with Crippen molar-refractivity contribution >= 4 is 11.4 Å². The van der Waals surface area contributed by atoms with Crippen LogP contribution in [-0.2, 0) is 6.54 Å². The van der Waals surface area contributed by atoms with Gasteiger partial charge in [-0.15, -0.1) is 0 Å². The molecule has 0 radical (unpaired) electrons. The molecule has 1 aromatic carbocycles. The second kappa shape index (κ2) is 4.87. The highest BCUT2D eigenvalue weighted by molar-refractivity contribution is 5.59. The van der Waals surface area contributed by atoms with Crippen LogP contribution >= 0.6 is 0 Å². The van der Waals surface area contributed by atoms with E-state index >= 15 is 0 Å². The van der Waals surface area contributed by atoms with Crippen LogP contribution in [0.2, 0.25) is 0 Å². The van der Waals surface area contributed by atoms with Crippen LogP contribution in [0.5, 0.6) is 0 Å². The summed E-state index contributed by atoms with van der Waals surface area (Å²) in [6.07, 6.45) is 0. The Balaban J connectivity index is 2.14. The highest BCUT2D eigenvalue weighted by Gasteiger charge is 2.13. The van der Waals surface area contributed by atoms with Crippen LogP contribution in [0.4, 0.5) is 11.4 Å². The summed E-state index contributed by atoms with van der Waals surface area (Å²) in [5.74, 6) is 0.693. The molecule has 1 aromatic heterocycles. The number of nitrogens with one attached hydrogen (secondary N) is 1. The van der Waals surface area contributed by atoms with E-state index in [0.717, 1.165) is 11.4 Å². The summed E-state index contributed by atoms with van der Waals surface area (Å²) in [6, 6.07) is 6.75. The molecule has 0 atom stereocenters. The summed E-state index contributed by atoms with van der Waals surface area (Å²) in [6.45, 7) is 4.00. The van der Waals surface area contributed by atoms with Gasteiger partial charge < -0.3 is 9.84 Å². The van der Waals surface area contributed by atoms with Gasteiger partial charge in [0.2, 0.25) is 0 Å². The Morgan fingerprint density at radius 1 is 1.44 bits per heavy atom. The van der Waals surface area contributed by atoms with E-state index in [4.69, 9.17) is 4.52 Å². The minimum Gasteiger partial charge on any atom is -0.377 e. The largest absolute Gasteiger partial charge is 0.377 e. The van der Waals surface area contributed by atoms with E-state index in [1.165, 1.54) is 6.07 Å². The Labute approximate surface area is 104 Å². The number of aromatic nitrogens is 1. The minimum absolute atomic E-state index is 0.105. The lowest BCUT2D eigenvalue weighted by Crippen LogP contribution is -2.02. The maximum absolute atomic E-state index is 10.8. The molecular weight excluding hydrogens is 234 g/mol. The molecule has 0 aliphatic heterocycles. The van der Waals surface area contributed by atoms with Crippen molar-refractivity contribution in [1.29, 1.82) is 0 Å². The molecule has 0 fully saturated rings. The van der Waals surface area contributed by atoms with E-state index in [-0.39, 0.29) is 10.6 Å². The van der Waals surface area contributed by atoms with Crippen LogP contribution in [-0.4, -0.2) is 10.1 Å². The van der Waals surface area contributed by atoms with Crippen LogP contribution in [0.1, 0.15) is 17.0 Å². The van der Waals surface area contributed by atoms with Crippen LogP contribution < -0.4 is 5.32 Å². The summed E-state index contributed by atoms with van der Waals surface area (Å²) in [5.41, 5.74) is 2.24. The fourth-order valence-corrected chi connectivity index (χ4v) is 1.69. The number of rotatable bonds is 4. The van der Waals surface area contributed by atoms with E-state index in [1.807, 2.05) is 13.0 Å². The van der Waals surface area contributed by atoms with Gasteiger partial charge in [-0.3, -0.25) is 10.1 Å². The van der Waals surface area contributed by atoms with Gasteiger partial charge in [-0.25, -0.2) is 0 Å². The first-order valence-electron chi connectivity index (χ1n) is 5.48. The van der Waals surface area contributed by atoms with Gasteiger partial charge in [-0.1, -0.05) is 11.2 Å².